The lowest BCUT2D eigenvalue weighted by Gasteiger charge is -2.19. The van der Waals surface area contributed by atoms with Crippen LogP contribution in [0, 0.1) is 5.41 Å². The monoisotopic (exact) mass is 171 g/mol. The van der Waals surface area contributed by atoms with Crippen LogP contribution in [0.2, 0.25) is 0 Å². The predicted octanol–water partition coefficient (Wildman–Crippen LogP) is 0.626. The molecule has 1 heterocycles. The van der Waals surface area contributed by atoms with Crippen LogP contribution in [0.5, 0.6) is 0 Å². The molecule has 1 rings (SSSR count). The molecule has 0 aliphatic carbocycles. The SMILES string of the molecule is CCCN1CC(C)(C)[C@H](O)C1=O. The molecule has 1 fully saturated rings. The van der Waals surface area contributed by atoms with Crippen molar-refractivity contribution in [3.63, 3.8) is 0 Å². The fourth-order valence-electron chi connectivity index (χ4n) is 1.62. The number of nitrogens with zero attached hydrogens (tertiary/aromatic N) is 1. The van der Waals surface area contributed by atoms with E-state index in [9.17, 15) is 9.90 Å². The van der Waals surface area contributed by atoms with E-state index in [1.807, 2.05) is 20.8 Å². The number of aliphatic hydroxyl groups excluding tert-OH is 1. The molecule has 0 saturated carbocycles. The van der Waals surface area contributed by atoms with Crippen molar-refractivity contribution >= 4 is 5.91 Å². The largest absolute Gasteiger partial charge is 0.383 e. The third-order valence-electron chi connectivity index (χ3n) is 2.38. The van der Waals surface area contributed by atoms with E-state index in [1.54, 1.807) is 4.90 Å². The van der Waals surface area contributed by atoms with Gasteiger partial charge in [0.1, 0.15) is 6.10 Å². The zero-order chi connectivity index (χ0) is 9.35. The van der Waals surface area contributed by atoms with Gasteiger partial charge >= 0.3 is 0 Å². The fourth-order valence-corrected chi connectivity index (χ4v) is 1.62. The van der Waals surface area contributed by atoms with Crippen molar-refractivity contribution in [2.24, 2.45) is 5.41 Å². The van der Waals surface area contributed by atoms with Crippen LogP contribution < -0.4 is 0 Å². The minimum Gasteiger partial charge on any atom is -0.383 e. The van der Waals surface area contributed by atoms with E-state index in [4.69, 9.17) is 0 Å². The number of hydrogen-bond acceptors (Lipinski definition) is 2. The molecule has 1 atom stereocenters. The maximum Gasteiger partial charge on any atom is 0.252 e. The van der Waals surface area contributed by atoms with Gasteiger partial charge in [-0.3, -0.25) is 4.79 Å². The Kier molecular flexibility index (Phi) is 2.42. The first-order valence-electron chi connectivity index (χ1n) is 4.46. The Hall–Kier alpha value is -0.570. The lowest BCUT2D eigenvalue weighted by atomic mass is 9.90. The summed E-state index contributed by atoms with van der Waals surface area (Å²) >= 11 is 0. The van der Waals surface area contributed by atoms with E-state index >= 15 is 0 Å². The second kappa shape index (κ2) is 3.05. The molecule has 0 bridgehead atoms. The summed E-state index contributed by atoms with van der Waals surface area (Å²) in [5.41, 5.74) is -0.272. The molecule has 12 heavy (non-hydrogen) atoms. The lowest BCUT2D eigenvalue weighted by molar-refractivity contribution is -0.135. The molecule has 3 heteroatoms. The van der Waals surface area contributed by atoms with Gasteiger partial charge in [0.15, 0.2) is 0 Å². The standard InChI is InChI=1S/C9H17NO2/c1-4-5-10-6-9(2,3)7(11)8(10)12/h7,11H,4-6H2,1-3H3/t7-/m1/s1. The van der Waals surface area contributed by atoms with Gasteiger partial charge in [0.05, 0.1) is 0 Å². The van der Waals surface area contributed by atoms with Crippen molar-refractivity contribution in [3.8, 4) is 0 Å². The van der Waals surface area contributed by atoms with E-state index in [0.29, 0.717) is 6.54 Å². The summed E-state index contributed by atoms with van der Waals surface area (Å²) in [6.45, 7) is 7.32. The highest BCUT2D eigenvalue weighted by atomic mass is 16.3. The van der Waals surface area contributed by atoms with E-state index in [2.05, 4.69) is 0 Å². The molecule has 1 saturated heterocycles. The number of carbonyl (C=O) groups excluding carboxylic acids is 1. The van der Waals surface area contributed by atoms with Crippen LogP contribution in [-0.2, 0) is 4.79 Å². The lowest BCUT2D eigenvalue weighted by Crippen LogP contribution is -2.31. The summed E-state index contributed by atoms with van der Waals surface area (Å²) in [5.74, 6) is -0.109. The number of likely N-dealkylation sites (tertiary alicyclic amines) is 1. The Morgan fingerprint density at radius 3 is 2.58 bits per heavy atom. The molecule has 3 nitrogen and oxygen atoms in total. The summed E-state index contributed by atoms with van der Waals surface area (Å²) in [6.07, 6.45) is 0.151. The van der Waals surface area contributed by atoms with Gasteiger partial charge in [0.25, 0.3) is 5.91 Å². The first-order valence-corrected chi connectivity index (χ1v) is 4.46. The minimum atomic E-state index is -0.802. The number of amides is 1. The van der Waals surface area contributed by atoms with Crippen LogP contribution in [-0.4, -0.2) is 35.1 Å². The number of aliphatic hydroxyl groups is 1. The normalized spacial score (nSPS) is 28.2. The van der Waals surface area contributed by atoms with Crippen molar-refractivity contribution in [2.75, 3.05) is 13.1 Å². The van der Waals surface area contributed by atoms with Crippen LogP contribution in [0.25, 0.3) is 0 Å². The molecule has 1 N–H and O–H groups in total. The summed E-state index contributed by atoms with van der Waals surface area (Å²) in [4.78, 5) is 13.1. The van der Waals surface area contributed by atoms with Gasteiger partial charge in [0, 0.05) is 18.5 Å². The third kappa shape index (κ3) is 1.46. The highest BCUT2D eigenvalue weighted by Gasteiger charge is 2.44. The molecule has 0 spiro atoms. The zero-order valence-electron chi connectivity index (χ0n) is 8.00. The topological polar surface area (TPSA) is 40.5 Å². The predicted molar refractivity (Wildman–Crippen MR) is 46.7 cm³/mol. The van der Waals surface area contributed by atoms with Crippen LogP contribution >= 0.6 is 0 Å². The van der Waals surface area contributed by atoms with Gasteiger partial charge in [-0.05, 0) is 6.42 Å². The molecule has 0 aromatic carbocycles. The summed E-state index contributed by atoms with van der Waals surface area (Å²) in [5, 5.41) is 9.53. The molecule has 0 aromatic rings. The Morgan fingerprint density at radius 2 is 2.25 bits per heavy atom. The summed E-state index contributed by atoms with van der Waals surface area (Å²) in [7, 11) is 0. The highest BCUT2D eigenvalue weighted by Crippen LogP contribution is 2.30. The maximum absolute atomic E-state index is 11.4. The van der Waals surface area contributed by atoms with Crippen LogP contribution in [0.15, 0.2) is 0 Å². The average Bonchev–Trinajstić information content (AvgIpc) is 2.16. The molecule has 1 aliphatic rings. The van der Waals surface area contributed by atoms with Crippen molar-refractivity contribution in [2.45, 2.75) is 33.3 Å². The molecule has 0 unspecified atom stereocenters. The van der Waals surface area contributed by atoms with Gasteiger partial charge in [-0.15, -0.1) is 0 Å². The van der Waals surface area contributed by atoms with Crippen LogP contribution in [0.4, 0.5) is 0 Å². The smallest absolute Gasteiger partial charge is 0.252 e. The molecule has 1 amide bonds. The van der Waals surface area contributed by atoms with Gasteiger partial charge in [-0.2, -0.15) is 0 Å². The number of hydrogen-bond donors (Lipinski definition) is 1. The van der Waals surface area contributed by atoms with Crippen molar-refractivity contribution in [1.82, 2.24) is 4.90 Å². The Balaban J connectivity index is 2.68. The number of rotatable bonds is 2. The first kappa shape index (κ1) is 9.52. The Morgan fingerprint density at radius 1 is 1.67 bits per heavy atom. The zero-order valence-corrected chi connectivity index (χ0v) is 8.00. The van der Waals surface area contributed by atoms with E-state index in [1.165, 1.54) is 0 Å². The van der Waals surface area contributed by atoms with Crippen molar-refractivity contribution in [3.05, 3.63) is 0 Å². The fraction of sp³-hybridized carbons (Fsp3) is 0.889. The summed E-state index contributed by atoms with van der Waals surface area (Å²) in [6, 6.07) is 0. The molecule has 0 radical (unpaired) electrons. The molecular weight excluding hydrogens is 154 g/mol. The highest BCUT2D eigenvalue weighted by molar-refractivity contribution is 5.84. The molecule has 0 aromatic heterocycles. The first-order chi connectivity index (χ1) is 5.49. The second-order valence-corrected chi connectivity index (χ2v) is 4.15. The van der Waals surface area contributed by atoms with E-state index in [-0.39, 0.29) is 11.3 Å². The molecular formula is C9H17NO2. The third-order valence-corrected chi connectivity index (χ3v) is 2.38. The van der Waals surface area contributed by atoms with Gasteiger partial charge in [0.2, 0.25) is 0 Å². The van der Waals surface area contributed by atoms with Gasteiger partial charge in [-0.25, -0.2) is 0 Å². The van der Waals surface area contributed by atoms with E-state index < -0.39 is 6.10 Å². The quantitative estimate of drug-likeness (QED) is 0.662. The van der Waals surface area contributed by atoms with Crippen molar-refractivity contribution in [1.29, 1.82) is 0 Å². The second-order valence-electron chi connectivity index (χ2n) is 4.15. The summed E-state index contributed by atoms with van der Waals surface area (Å²) < 4.78 is 0. The van der Waals surface area contributed by atoms with E-state index in [0.717, 1.165) is 13.0 Å². The minimum absolute atomic E-state index is 0.109. The molecule has 70 valence electrons. The maximum atomic E-state index is 11.4. The Bertz CT molecular complexity index is 189. The molecule has 1 aliphatic heterocycles. The number of carbonyl (C=O) groups is 1. The van der Waals surface area contributed by atoms with Crippen molar-refractivity contribution < 1.29 is 9.90 Å². The van der Waals surface area contributed by atoms with Gasteiger partial charge < -0.3 is 10.0 Å². The van der Waals surface area contributed by atoms with Crippen LogP contribution in [0.1, 0.15) is 27.2 Å². The van der Waals surface area contributed by atoms with Gasteiger partial charge in [-0.1, -0.05) is 20.8 Å². The Labute approximate surface area is 73.4 Å². The van der Waals surface area contributed by atoms with Crippen LogP contribution in [0.3, 0.4) is 0 Å². The average molecular weight is 171 g/mol.